The lowest BCUT2D eigenvalue weighted by Crippen LogP contribution is -2.49. The average Bonchev–Trinajstić information content (AvgIpc) is 2.25. The second kappa shape index (κ2) is 6.92. The molecule has 0 spiro atoms. The first-order valence-electron chi connectivity index (χ1n) is 6.62. The van der Waals surface area contributed by atoms with Crippen LogP contribution in [0.4, 0.5) is 0 Å². The molecule has 1 aromatic rings. The molecule has 106 valence electrons. The maximum absolute atomic E-state index is 12.0. The molecule has 1 atom stereocenters. The average molecular weight is 283 g/mol. The molecule has 2 N–H and O–H groups in total. The van der Waals surface area contributed by atoms with Gasteiger partial charge in [0.05, 0.1) is 0 Å². The van der Waals surface area contributed by atoms with Crippen LogP contribution in [-0.4, -0.2) is 19.0 Å². The van der Waals surface area contributed by atoms with Crippen LogP contribution in [0.15, 0.2) is 18.2 Å². The summed E-state index contributed by atoms with van der Waals surface area (Å²) in [7, 11) is 0. The van der Waals surface area contributed by atoms with Gasteiger partial charge in [-0.15, -0.1) is 12.4 Å². The van der Waals surface area contributed by atoms with E-state index in [-0.39, 0.29) is 24.2 Å². The van der Waals surface area contributed by atoms with Gasteiger partial charge in [-0.25, -0.2) is 0 Å². The van der Waals surface area contributed by atoms with Crippen LogP contribution in [0.3, 0.4) is 0 Å². The maximum atomic E-state index is 12.0. The predicted octanol–water partition coefficient (Wildman–Crippen LogP) is 2.20. The van der Waals surface area contributed by atoms with E-state index in [1.54, 1.807) is 0 Å². The molecule has 0 aliphatic carbocycles. The Morgan fingerprint density at radius 2 is 2.11 bits per heavy atom. The summed E-state index contributed by atoms with van der Waals surface area (Å²) in [6, 6.07) is 6.34. The molecule has 1 aliphatic heterocycles. The fourth-order valence-corrected chi connectivity index (χ4v) is 2.27. The third kappa shape index (κ3) is 3.95. The van der Waals surface area contributed by atoms with Crippen molar-refractivity contribution in [3.63, 3.8) is 0 Å². The van der Waals surface area contributed by atoms with E-state index in [0.29, 0.717) is 12.5 Å². The zero-order chi connectivity index (χ0) is 13.1. The Hall–Kier alpha value is -1.06. The second-order valence-electron chi connectivity index (χ2n) is 5.35. The van der Waals surface area contributed by atoms with E-state index in [9.17, 15) is 4.79 Å². The van der Waals surface area contributed by atoms with Crippen molar-refractivity contribution in [3.8, 4) is 0 Å². The van der Waals surface area contributed by atoms with Gasteiger partial charge in [0, 0.05) is 12.5 Å². The van der Waals surface area contributed by atoms with Crippen LogP contribution >= 0.6 is 12.4 Å². The summed E-state index contributed by atoms with van der Waals surface area (Å²) in [4.78, 5) is 12.0. The molecule has 1 heterocycles. The number of aryl methyl sites for hydroxylation is 2. The van der Waals surface area contributed by atoms with Crippen LogP contribution in [0.2, 0.25) is 0 Å². The molecule has 0 saturated carbocycles. The van der Waals surface area contributed by atoms with E-state index < -0.39 is 0 Å². The van der Waals surface area contributed by atoms with Crippen molar-refractivity contribution in [3.05, 3.63) is 34.9 Å². The summed E-state index contributed by atoms with van der Waals surface area (Å²) < 4.78 is 0. The summed E-state index contributed by atoms with van der Waals surface area (Å²) in [6.07, 6.45) is 0. The minimum atomic E-state index is 0. The molecule has 0 radical (unpaired) electrons. The van der Waals surface area contributed by atoms with Gasteiger partial charge in [-0.2, -0.15) is 0 Å². The van der Waals surface area contributed by atoms with Crippen molar-refractivity contribution in [1.82, 2.24) is 10.6 Å². The molecule has 19 heavy (non-hydrogen) atoms. The highest BCUT2D eigenvalue weighted by atomic mass is 35.5. The zero-order valence-electron chi connectivity index (χ0n) is 11.8. The van der Waals surface area contributed by atoms with Gasteiger partial charge in [-0.1, -0.05) is 30.7 Å². The molecule has 1 saturated heterocycles. The molecule has 3 nitrogen and oxygen atoms in total. The van der Waals surface area contributed by atoms with Crippen LogP contribution in [0.1, 0.15) is 23.6 Å². The molecule has 1 aliphatic rings. The van der Waals surface area contributed by atoms with Crippen molar-refractivity contribution in [2.75, 3.05) is 13.1 Å². The molecular formula is C15H23ClN2O. The molecule has 2 rings (SSSR count). The van der Waals surface area contributed by atoms with Gasteiger partial charge in [-0.3, -0.25) is 4.79 Å². The van der Waals surface area contributed by atoms with E-state index in [0.717, 1.165) is 13.1 Å². The van der Waals surface area contributed by atoms with E-state index in [1.807, 2.05) is 6.92 Å². The van der Waals surface area contributed by atoms with E-state index >= 15 is 0 Å². The van der Waals surface area contributed by atoms with Crippen LogP contribution in [0.5, 0.6) is 0 Å². The molecule has 1 aromatic carbocycles. The standard InChI is InChI=1S/C15H22N2O.ClH/c1-10-4-5-13(11(2)6-10)9-17-15(18)12(3)14-7-16-8-14;/h4-6,12,14,16H,7-9H2,1-3H3,(H,17,18);1H. The Morgan fingerprint density at radius 3 is 2.63 bits per heavy atom. The monoisotopic (exact) mass is 282 g/mol. The maximum Gasteiger partial charge on any atom is 0.223 e. The van der Waals surface area contributed by atoms with Crippen molar-refractivity contribution >= 4 is 18.3 Å². The van der Waals surface area contributed by atoms with Gasteiger partial charge in [0.25, 0.3) is 0 Å². The lowest BCUT2D eigenvalue weighted by Gasteiger charge is -2.31. The predicted molar refractivity (Wildman–Crippen MR) is 80.5 cm³/mol. The van der Waals surface area contributed by atoms with Gasteiger partial charge in [0.1, 0.15) is 0 Å². The van der Waals surface area contributed by atoms with Crippen molar-refractivity contribution in [2.24, 2.45) is 11.8 Å². The molecule has 4 heteroatoms. The highest BCUT2D eigenvalue weighted by molar-refractivity contribution is 5.85. The lowest BCUT2D eigenvalue weighted by molar-refractivity contribution is -0.126. The number of nitrogens with one attached hydrogen (secondary N) is 2. The van der Waals surface area contributed by atoms with Crippen molar-refractivity contribution in [1.29, 1.82) is 0 Å². The molecular weight excluding hydrogens is 260 g/mol. The fourth-order valence-electron chi connectivity index (χ4n) is 2.27. The number of hydrogen-bond donors (Lipinski definition) is 2. The number of carbonyl (C=O) groups is 1. The van der Waals surface area contributed by atoms with Gasteiger partial charge in [-0.05, 0) is 44.0 Å². The summed E-state index contributed by atoms with van der Waals surface area (Å²) >= 11 is 0. The molecule has 1 amide bonds. The fraction of sp³-hybridized carbons (Fsp3) is 0.533. The topological polar surface area (TPSA) is 41.1 Å². The van der Waals surface area contributed by atoms with E-state index in [1.165, 1.54) is 16.7 Å². The summed E-state index contributed by atoms with van der Waals surface area (Å²) in [5.74, 6) is 0.780. The Labute approximate surface area is 121 Å². The Morgan fingerprint density at radius 1 is 1.42 bits per heavy atom. The molecule has 1 fully saturated rings. The largest absolute Gasteiger partial charge is 0.352 e. The van der Waals surface area contributed by atoms with Crippen molar-refractivity contribution in [2.45, 2.75) is 27.3 Å². The number of halogens is 1. The summed E-state index contributed by atoms with van der Waals surface area (Å²) in [5.41, 5.74) is 3.71. The van der Waals surface area contributed by atoms with Crippen LogP contribution in [-0.2, 0) is 11.3 Å². The van der Waals surface area contributed by atoms with Crippen LogP contribution in [0, 0.1) is 25.7 Å². The van der Waals surface area contributed by atoms with Crippen LogP contribution < -0.4 is 10.6 Å². The first kappa shape index (κ1) is 16.0. The zero-order valence-corrected chi connectivity index (χ0v) is 12.6. The van der Waals surface area contributed by atoms with Crippen molar-refractivity contribution < 1.29 is 4.79 Å². The minimum Gasteiger partial charge on any atom is -0.352 e. The normalized spacial score (nSPS) is 16.2. The van der Waals surface area contributed by atoms with Crippen LogP contribution in [0.25, 0.3) is 0 Å². The Kier molecular flexibility index (Phi) is 5.83. The van der Waals surface area contributed by atoms with Gasteiger partial charge >= 0.3 is 0 Å². The highest BCUT2D eigenvalue weighted by Crippen LogP contribution is 2.16. The second-order valence-corrected chi connectivity index (χ2v) is 5.35. The third-order valence-corrected chi connectivity index (χ3v) is 3.88. The molecule has 1 unspecified atom stereocenters. The lowest BCUT2D eigenvalue weighted by atomic mass is 9.88. The smallest absolute Gasteiger partial charge is 0.223 e. The number of carbonyl (C=O) groups excluding carboxylic acids is 1. The molecule has 0 aromatic heterocycles. The Bertz CT molecular complexity index is 444. The first-order valence-corrected chi connectivity index (χ1v) is 6.62. The van der Waals surface area contributed by atoms with E-state index in [4.69, 9.17) is 0 Å². The SMILES string of the molecule is Cc1ccc(CNC(=O)C(C)C2CNC2)c(C)c1.Cl. The summed E-state index contributed by atoms with van der Waals surface area (Å²) in [6.45, 7) is 8.77. The van der Waals surface area contributed by atoms with E-state index in [2.05, 4.69) is 42.7 Å². The molecule has 0 bridgehead atoms. The summed E-state index contributed by atoms with van der Waals surface area (Å²) in [5, 5.41) is 6.25. The Balaban J connectivity index is 0.00000180. The third-order valence-electron chi connectivity index (χ3n) is 3.88. The van der Waals surface area contributed by atoms with Gasteiger partial charge < -0.3 is 10.6 Å². The number of amides is 1. The number of rotatable bonds is 4. The highest BCUT2D eigenvalue weighted by Gasteiger charge is 2.28. The first-order chi connectivity index (χ1) is 8.58. The van der Waals surface area contributed by atoms with Gasteiger partial charge in [0.15, 0.2) is 0 Å². The number of hydrogen-bond acceptors (Lipinski definition) is 2. The minimum absolute atomic E-state index is 0. The number of benzene rings is 1. The van der Waals surface area contributed by atoms with Gasteiger partial charge in [0.2, 0.25) is 5.91 Å². The quantitative estimate of drug-likeness (QED) is 0.889.